The number of methoxy groups -OCH3 is 4. The van der Waals surface area contributed by atoms with Crippen molar-refractivity contribution < 1.29 is 28.8 Å². The van der Waals surface area contributed by atoms with Crippen LogP contribution in [0.1, 0.15) is 46.7 Å². The Morgan fingerprint density at radius 2 is 1.63 bits per heavy atom. The van der Waals surface area contributed by atoms with Crippen molar-refractivity contribution in [3.8, 4) is 23.0 Å². The summed E-state index contributed by atoms with van der Waals surface area (Å²) < 4.78 is 21.8. The van der Waals surface area contributed by atoms with Crippen molar-refractivity contribution in [3.63, 3.8) is 0 Å². The summed E-state index contributed by atoms with van der Waals surface area (Å²) >= 11 is 0. The first-order chi connectivity index (χ1) is 14.4. The molecule has 0 spiro atoms. The van der Waals surface area contributed by atoms with E-state index < -0.39 is 0 Å². The summed E-state index contributed by atoms with van der Waals surface area (Å²) in [6, 6.07) is 9.08. The third-order valence-electron chi connectivity index (χ3n) is 6.08. The zero-order valence-electron chi connectivity index (χ0n) is 18.2. The fourth-order valence-electron chi connectivity index (χ4n) is 4.33. The molecule has 0 aromatic heterocycles. The number of aromatic hydroxyl groups is 1. The molecule has 0 saturated heterocycles. The number of phenols is 1. The maximum Gasteiger partial charge on any atom is 0.203 e. The van der Waals surface area contributed by atoms with Gasteiger partial charge >= 0.3 is 0 Å². The number of Topliss-reactive ketones (excluding diaryl/α,β-unsaturated/α-hetero) is 1. The van der Waals surface area contributed by atoms with Gasteiger partial charge in [-0.2, -0.15) is 0 Å². The number of rotatable bonds is 7. The number of aryl methyl sites for hydroxylation is 1. The zero-order valence-corrected chi connectivity index (χ0v) is 18.2. The average molecular weight is 414 g/mol. The van der Waals surface area contributed by atoms with Gasteiger partial charge in [-0.15, -0.1) is 0 Å². The summed E-state index contributed by atoms with van der Waals surface area (Å²) in [5, 5.41) is 10.2. The maximum atomic E-state index is 13.7. The first-order valence-corrected chi connectivity index (χ1v) is 10.1. The van der Waals surface area contributed by atoms with Crippen molar-refractivity contribution in [2.45, 2.75) is 38.2 Å². The number of ether oxygens (including phenoxy) is 4. The topological polar surface area (TPSA) is 74.2 Å². The van der Waals surface area contributed by atoms with Gasteiger partial charge in [-0.3, -0.25) is 4.79 Å². The average Bonchev–Trinajstić information content (AvgIpc) is 2.78. The van der Waals surface area contributed by atoms with Crippen molar-refractivity contribution in [1.82, 2.24) is 0 Å². The molecule has 0 amide bonds. The third kappa shape index (κ3) is 4.24. The molecule has 3 atom stereocenters. The minimum atomic E-state index is -0.284. The van der Waals surface area contributed by atoms with E-state index in [1.165, 1.54) is 21.3 Å². The van der Waals surface area contributed by atoms with Crippen molar-refractivity contribution >= 4 is 5.78 Å². The summed E-state index contributed by atoms with van der Waals surface area (Å²) in [4.78, 5) is 13.7. The van der Waals surface area contributed by atoms with E-state index in [0.29, 0.717) is 29.2 Å². The maximum absolute atomic E-state index is 13.7. The number of carbonyl (C=O) groups excluding carboxylic acids is 1. The molecule has 2 aromatic carbocycles. The molecular weight excluding hydrogens is 384 g/mol. The lowest BCUT2D eigenvalue weighted by atomic mass is 9.71. The Labute approximate surface area is 177 Å². The summed E-state index contributed by atoms with van der Waals surface area (Å²) in [5.74, 6) is 1.31. The van der Waals surface area contributed by atoms with Crippen LogP contribution in [0, 0.1) is 12.8 Å². The highest BCUT2D eigenvalue weighted by atomic mass is 16.5. The van der Waals surface area contributed by atoms with Crippen LogP contribution >= 0.6 is 0 Å². The van der Waals surface area contributed by atoms with Crippen LogP contribution in [0.5, 0.6) is 23.0 Å². The van der Waals surface area contributed by atoms with Crippen molar-refractivity contribution in [2.24, 2.45) is 5.92 Å². The van der Waals surface area contributed by atoms with Gasteiger partial charge in [-0.05, 0) is 61.4 Å². The summed E-state index contributed by atoms with van der Waals surface area (Å²) in [6.07, 6.45) is 2.32. The van der Waals surface area contributed by atoms with Crippen molar-refractivity contribution in [1.29, 1.82) is 0 Å². The number of phenolic OH excluding ortho intramolecular Hbond substituents is 1. The Balaban J connectivity index is 2.02. The summed E-state index contributed by atoms with van der Waals surface area (Å²) in [6.45, 7) is 1.86. The Kier molecular flexibility index (Phi) is 6.87. The summed E-state index contributed by atoms with van der Waals surface area (Å²) in [5.41, 5.74) is 2.29. The van der Waals surface area contributed by atoms with E-state index in [0.717, 1.165) is 24.0 Å². The minimum absolute atomic E-state index is 0.000989. The fourth-order valence-corrected chi connectivity index (χ4v) is 4.33. The Hall–Kier alpha value is -2.73. The lowest BCUT2D eigenvalue weighted by molar-refractivity contribution is 0.0389. The lowest BCUT2D eigenvalue weighted by Gasteiger charge is -2.35. The summed E-state index contributed by atoms with van der Waals surface area (Å²) in [7, 11) is 6.28. The van der Waals surface area contributed by atoms with Crippen LogP contribution in [-0.2, 0) is 4.74 Å². The minimum Gasteiger partial charge on any atom is -0.508 e. The molecule has 1 fully saturated rings. The highest BCUT2D eigenvalue weighted by Crippen LogP contribution is 2.44. The zero-order chi connectivity index (χ0) is 21.8. The SMILES string of the molecule is COc1cc(C(=O)C2CC(OC)CCC2c2ccc(C)c(O)c2)cc(OC)c1OC. The molecular formula is C24H30O6. The van der Waals surface area contributed by atoms with E-state index in [4.69, 9.17) is 18.9 Å². The van der Waals surface area contributed by atoms with Crippen LogP contribution in [0.2, 0.25) is 0 Å². The van der Waals surface area contributed by atoms with Crippen LogP contribution in [-0.4, -0.2) is 45.4 Å². The Morgan fingerprint density at radius 3 is 2.17 bits per heavy atom. The molecule has 162 valence electrons. The van der Waals surface area contributed by atoms with Gasteiger partial charge in [0.25, 0.3) is 0 Å². The molecule has 6 heteroatoms. The van der Waals surface area contributed by atoms with Crippen LogP contribution in [0.4, 0.5) is 0 Å². The van der Waals surface area contributed by atoms with Gasteiger partial charge in [0, 0.05) is 18.6 Å². The fraction of sp³-hybridized carbons (Fsp3) is 0.458. The largest absolute Gasteiger partial charge is 0.508 e. The number of hydrogen-bond acceptors (Lipinski definition) is 6. The molecule has 30 heavy (non-hydrogen) atoms. The quantitative estimate of drug-likeness (QED) is 0.672. The van der Waals surface area contributed by atoms with Gasteiger partial charge in [-0.25, -0.2) is 0 Å². The molecule has 0 aliphatic heterocycles. The van der Waals surface area contributed by atoms with Crippen LogP contribution in [0.3, 0.4) is 0 Å². The Morgan fingerprint density at radius 1 is 0.967 bits per heavy atom. The van der Waals surface area contributed by atoms with Crippen LogP contribution in [0.15, 0.2) is 30.3 Å². The molecule has 0 radical (unpaired) electrons. The number of benzene rings is 2. The lowest BCUT2D eigenvalue weighted by Crippen LogP contribution is -2.33. The number of carbonyl (C=O) groups is 1. The van der Waals surface area contributed by atoms with Gasteiger partial charge in [0.2, 0.25) is 5.75 Å². The Bertz CT molecular complexity index is 882. The van der Waals surface area contributed by atoms with E-state index >= 15 is 0 Å². The third-order valence-corrected chi connectivity index (χ3v) is 6.08. The molecule has 1 N–H and O–H groups in total. The second kappa shape index (κ2) is 9.39. The molecule has 0 heterocycles. The monoisotopic (exact) mass is 414 g/mol. The van der Waals surface area contributed by atoms with Gasteiger partial charge in [0.05, 0.1) is 27.4 Å². The molecule has 1 aliphatic rings. The van der Waals surface area contributed by atoms with Crippen LogP contribution < -0.4 is 14.2 Å². The molecule has 1 saturated carbocycles. The molecule has 3 rings (SSSR count). The first kappa shape index (κ1) is 22.0. The highest BCUT2D eigenvalue weighted by Gasteiger charge is 2.37. The second-order valence-electron chi connectivity index (χ2n) is 7.71. The van der Waals surface area contributed by atoms with E-state index in [1.807, 2.05) is 19.1 Å². The molecule has 6 nitrogen and oxygen atoms in total. The molecule has 1 aliphatic carbocycles. The number of ketones is 1. The number of hydrogen-bond donors (Lipinski definition) is 1. The van der Waals surface area contributed by atoms with E-state index in [9.17, 15) is 9.90 Å². The van der Waals surface area contributed by atoms with Gasteiger partial charge in [0.15, 0.2) is 17.3 Å². The smallest absolute Gasteiger partial charge is 0.203 e. The van der Waals surface area contributed by atoms with Gasteiger partial charge < -0.3 is 24.1 Å². The van der Waals surface area contributed by atoms with Gasteiger partial charge in [-0.1, -0.05) is 12.1 Å². The highest BCUT2D eigenvalue weighted by molar-refractivity contribution is 5.99. The normalized spacial score (nSPS) is 21.2. The van der Waals surface area contributed by atoms with Crippen LogP contribution in [0.25, 0.3) is 0 Å². The predicted molar refractivity (Wildman–Crippen MR) is 114 cm³/mol. The molecule has 3 unspecified atom stereocenters. The van der Waals surface area contributed by atoms with Crippen molar-refractivity contribution in [3.05, 3.63) is 47.0 Å². The standard InChI is InChI=1S/C24H30O6/c1-14-6-7-15(10-20(14)25)18-9-8-17(27-2)13-19(18)23(26)16-11-21(28-3)24(30-5)22(12-16)29-4/h6-7,10-12,17-19,25H,8-9,13H2,1-5H3. The predicted octanol–water partition coefficient (Wildman–Crippen LogP) is 4.51. The van der Waals surface area contributed by atoms with E-state index in [2.05, 4.69) is 0 Å². The van der Waals surface area contributed by atoms with E-state index in [-0.39, 0.29) is 29.5 Å². The van der Waals surface area contributed by atoms with Gasteiger partial charge in [0.1, 0.15) is 5.75 Å². The van der Waals surface area contributed by atoms with Crippen molar-refractivity contribution in [2.75, 3.05) is 28.4 Å². The molecule has 0 bridgehead atoms. The first-order valence-electron chi connectivity index (χ1n) is 10.1. The molecule has 2 aromatic rings. The second-order valence-corrected chi connectivity index (χ2v) is 7.71. The van der Waals surface area contributed by atoms with E-state index in [1.54, 1.807) is 25.3 Å².